The van der Waals surface area contributed by atoms with Crippen molar-refractivity contribution < 1.29 is 4.74 Å². The zero-order chi connectivity index (χ0) is 20.6. The Morgan fingerprint density at radius 2 is 2.14 bits per heavy atom. The lowest BCUT2D eigenvalue weighted by Gasteiger charge is -2.33. The lowest BCUT2D eigenvalue weighted by molar-refractivity contribution is -0.0261. The topological polar surface area (TPSA) is 66.7 Å². The molecule has 29 heavy (non-hydrogen) atoms. The highest BCUT2D eigenvalue weighted by atomic mass is 16.5. The van der Waals surface area contributed by atoms with Gasteiger partial charge >= 0.3 is 0 Å². The molecule has 160 valence electrons. The Kier molecular flexibility index (Phi) is 7.89. The number of hydrogen-bond acceptors (Lipinski definition) is 4. The van der Waals surface area contributed by atoms with Crippen molar-refractivity contribution >= 4 is 17.0 Å². The molecule has 0 radical (unpaired) electrons. The van der Waals surface area contributed by atoms with Gasteiger partial charge in [0.05, 0.1) is 30.3 Å². The lowest BCUT2D eigenvalue weighted by Crippen LogP contribution is -2.46. The quantitative estimate of drug-likeness (QED) is 0.526. The van der Waals surface area contributed by atoms with Crippen molar-refractivity contribution in [1.29, 1.82) is 0 Å². The van der Waals surface area contributed by atoms with Crippen LogP contribution in [0.15, 0.2) is 29.3 Å². The molecule has 0 saturated carbocycles. The summed E-state index contributed by atoms with van der Waals surface area (Å²) in [6.07, 6.45) is 0.165. The second-order valence-electron chi connectivity index (χ2n) is 8.09. The minimum atomic E-state index is 0.165. The van der Waals surface area contributed by atoms with Crippen LogP contribution in [-0.2, 0) is 11.3 Å². The van der Waals surface area contributed by atoms with Gasteiger partial charge in [0.1, 0.15) is 5.82 Å². The van der Waals surface area contributed by atoms with Gasteiger partial charge in [-0.2, -0.15) is 0 Å². The average Bonchev–Trinajstić information content (AvgIpc) is 3.01. The minimum absolute atomic E-state index is 0.165. The zero-order valence-electron chi connectivity index (χ0n) is 18.3. The Bertz CT molecular complexity index is 800. The summed E-state index contributed by atoms with van der Waals surface area (Å²) >= 11 is 0. The standard InChI is InChI=1S/C22H36N6O/c1-5-23-22(25-14-19-16-27(12-13-29-19)15-17(2)3)24-10-11-28-18(4)26-20-8-6-7-9-21(20)28/h6-9,17,19H,5,10-16H2,1-4H3,(H2,23,24,25). The fourth-order valence-corrected chi connectivity index (χ4v) is 3.87. The van der Waals surface area contributed by atoms with Crippen LogP contribution in [0.4, 0.5) is 0 Å². The van der Waals surface area contributed by atoms with E-state index < -0.39 is 0 Å². The summed E-state index contributed by atoms with van der Waals surface area (Å²) in [5.74, 6) is 2.56. The third-order valence-electron chi connectivity index (χ3n) is 5.12. The summed E-state index contributed by atoms with van der Waals surface area (Å²) in [5, 5.41) is 6.80. The van der Waals surface area contributed by atoms with Gasteiger partial charge < -0.3 is 19.9 Å². The molecule has 1 aromatic carbocycles. The zero-order valence-corrected chi connectivity index (χ0v) is 18.3. The van der Waals surface area contributed by atoms with Crippen molar-refractivity contribution in [3.63, 3.8) is 0 Å². The van der Waals surface area contributed by atoms with Crippen LogP contribution in [0.25, 0.3) is 11.0 Å². The molecular weight excluding hydrogens is 364 g/mol. The Hall–Kier alpha value is -2.12. The maximum Gasteiger partial charge on any atom is 0.191 e. The number of aromatic nitrogens is 2. The number of benzene rings is 1. The summed E-state index contributed by atoms with van der Waals surface area (Å²) in [4.78, 5) is 11.9. The third kappa shape index (κ3) is 6.18. The van der Waals surface area contributed by atoms with E-state index in [0.717, 1.165) is 63.2 Å². The fraction of sp³-hybridized carbons (Fsp3) is 0.636. The van der Waals surface area contributed by atoms with Crippen LogP contribution in [0.5, 0.6) is 0 Å². The number of fused-ring (bicyclic) bond motifs is 1. The third-order valence-corrected chi connectivity index (χ3v) is 5.12. The monoisotopic (exact) mass is 400 g/mol. The summed E-state index contributed by atoms with van der Waals surface area (Å²) in [7, 11) is 0. The second-order valence-corrected chi connectivity index (χ2v) is 8.09. The molecule has 1 saturated heterocycles. The maximum absolute atomic E-state index is 5.93. The number of para-hydroxylation sites is 2. The first kappa shape index (κ1) is 21.6. The molecule has 7 nitrogen and oxygen atoms in total. The van der Waals surface area contributed by atoms with E-state index in [1.165, 1.54) is 5.52 Å². The highest BCUT2D eigenvalue weighted by molar-refractivity contribution is 5.79. The predicted molar refractivity (Wildman–Crippen MR) is 119 cm³/mol. The van der Waals surface area contributed by atoms with Crippen LogP contribution < -0.4 is 10.6 Å². The molecule has 1 aromatic heterocycles. The van der Waals surface area contributed by atoms with Gasteiger partial charge in [0.2, 0.25) is 0 Å². The molecule has 0 spiro atoms. The molecule has 1 atom stereocenters. The second kappa shape index (κ2) is 10.6. The summed E-state index contributed by atoms with van der Waals surface area (Å²) < 4.78 is 8.18. The number of imidazole rings is 1. The normalized spacial score (nSPS) is 18.5. The minimum Gasteiger partial charge on any atom is -0.374 e. The molecule has 1 aliphatic rings. The van der Waals surface area contributed by atoms with Gasteiger partial charge in [-0.25, -0.2) is 4.98 Å². The summed E-state index contributed by atoms with van der Waals surface area (Å²) in [6, 6.07) is 8.27. The van der Waals surface area contributed by atoms with Gasteiger partial charge in [0.15, 0.2) is 5.96 Å². The van der Waals surface area contributed by atoms with Crippen molar-refractivity contribution in [3.8, 4) is 0 Å². The predicted octanol–water partition coefficient (Wildman–Crippen LogP) is 2.26. The Balaban J connectivity index is 1.53. The SMILES string of the molecule is CCNC(=NCC1CN(CC(C)C)CCO1)NCCn1c(C)nc2ccccc21. The van der Waals surface area contributed by atoms with Gasteiger partial charge in [-0.05, 0) is 31.9 Å². The van der Waals surface area contributed by atoms with Crippen LogP contribution in [0, 0.1) is 12.8 Å². The van der Waals surface area contributed by atoms with E-state index in [9.17, 15) is 0 Å². The van der Waals surface area contributed by atoms with Gasteiger partial charge in [-0.1, -0.05) is 26.0 Å². The van der Waals surface area contributed by atoms with Gasteiger partial charge in [-0.15, -0.1) is 0 Å². The Morgan fingerprint density at radius 3 is 2.93 bits per heavy atom. The first-order chi connectivity index (χ1) is 14.1. The molecule has 0 bridgehead atoms. The van der Waals surface area contributed by atoms with E-state index >= 15 is 0 Å². The first-order valence-electron chi connectivity index (χ1n) is 10.8. The van der Waals surface area contributed by atoms with Crippen molar-refractivity contribution in [2.24, 2.45) is 10.9 Å². The molecule has 3 rings (SSSR count). The number of guanidine groups is 1. The fourth-order valence-electron chi connectivity index (χ4n) is 3.87. The maximum atomic E-state index is 5.93. The highest BCUT2D eigenvalue weighted by Gasteiger charge is 2.20. The molecule has 2 aromatic rings. The number of hydrogen-bond donors (Lipinski definition) is 2. The van der Waals surface area contributed by atoms with E-state index in [4.69, 9.17) is 9.73 Å². The van der Waals surface area contributed by atoms with Crippen molar-refractivity contribution in [1.82, 2.24) is 25.1 Å². The van der Waals surface area contributed by atoms with E-state index in [2.05, 4.69) is 71.0 Å². The molecule has 0 amide bonds. The number of aliphatic imine (C=N–C) groups is 1. The van der Waals surface area contributed by atoms with Gasteiger partial charge in [-0.3, -0.25) is 9.89 Å². The van der Waals surface area contributed by atoms with Crippen LogP contribution in [-0.4, -0.2) is 72.4 Å². The number of nitrogens with zero attached hydrogens (tertiary/aromatic N) is 4. The Labute approximate surface area is 174 Å². The molecule has 2 heterocycles. The molecule has 0 aliphatic carbocycles. The molecular formula is C22H36N6O. The number of morpholine rings is 1. The highest BCUT2D eigenvalue weighted by Crippen LogP contribution is 2.14. The number of rotatable bonds is 8. The van der Waals surface area contributed by atoms with Crippen molar-refractivity contribution in [2.45, 2.75) is 40.3 Å². The lowest BCUT2D eigenvalue weighted by atomic mass is 10.2. The summed E-state index contributed by atoms with van der Waals surface area (Å²) in [5.41, 5.74) is 2.22. The number of ether oxygens (including phenoxy) is 1. The Morgan fingerprint density at radius 1 is 1.31 bits per heavy atom. The molecule has 1 unspecified atom stereocenters. The largest absolute Gasteiger partial charge is 0.374 e. The van der Waals surface area contributed by atoms with Crippen LogP contribution in [0.2, 0.25) is 0 Å². The average molecular weight is 401 g/mol. The van der Waals surface area contributed by atoms with Crippen LogP contribution in [0.3, 0.4) is 0 Å². The first-order valence-corrected chi connectivity index (χ1v) is 10.8. The number of aryl methyl sites for hydroxylation is 1. The van der Waals surface area contributed by atoms with E-state index in [1.54, 1.807) is 0 Å². The molecule has 2 N–H and O–H groups in total. The van der Waals surface area contributed by atoms with Crippen molar-refractivity contribution in [3.05, 3.63) is 30.1 Å². The van der Waals surface area contributed by atoms with E-state index in [1.807, 2.05) is 6.07 Å². The van der Waals surface area contributed by atoms with Gasteiger partial charge in [0, 0.05) is 39.3 Å². The van der Waals surface area contributed by atoms with Crippen LogP contribution >= 0.6 is 0 Å². The smallest absolute Gasteiger partial charge is 0.191 e. The molecule has 1 aliphatic heterocycles. The van der Waals surface area contributed by atoms with E-state index in [0.29, 0.717) is 12.5 Å². The number of nitrogens with one attached hydrogen (secondary N) is 2. The molecule has 7 heteroatoms. The van der Waals surface area contributed by atoms with Gasteiger partial charge in [0.25, 0.3) is 0 Å². The van der Waals surface area contributed by atoms with Crippen molar-refractivity contribution in [2.75, 3.05) is 45.9 Å². The molecule has 1 fully saturated rings. The van der Waals surface area contributed by atoms with E-state index in [-0.39, 0.29) is 6.10 Å². The van der Waals surface area contributed by atoms with Crippen LogP contribution in [0.1, 0.15) is 26.6 Å². The summed E-state index contributed by atoms with van der Waals surface area (Å²) in [6.45, 7) is 15.7.